The molecule has 0 N–H and O–H groups in total. The molecule has 1 saturated heterocycles. The van der Waals surface area contributed by atoms with E-state index in [4.69, 9.17) is 9.47 Å². The van der Waals surface area contributed by atoms with Gasteiger partial charge in [-0.3, -0.25) is 9.69 Å². The summed E-state index contributed by atoms with van der Waals surface area (Å²) in [6, 6.07) is -0.915. The molecule has 2 atom stereocenters. The van der Waals surface area contributed by atoms with E-state index >= 15 is 0 Å². The summed E-state index contributed by atoms with van der Waals surface area (Å²) < 4.78 is 10.6. The number of hydrogen-bond acceptors (Lipinski definition) is 4. The van der Waals surface area contributed by atoms with Crippen molar-refractivity contribution in [3.8, 4) is 0 Å². The fraction of sp³-hybridized carbons (Fsp3) is 0.846. The number of unbranched alkanes of at least 4 members (excludes halogenated alkanes) is 1. The third-order valence-corrected chi connectivity index (χ3v) is 3.35. The number of rotatable bonds is 8. The second-order valence-corrected chi connectivity index (χ2v) is 4.83. The number of ether oxygens (including phenoxy) is 2. The molecule has 6 nitrogen and oxygen atoms in total. The lowest BCUT2D eigenvalue weighted by atomic mass is 10.1. The summed E-state index contributed by atoms with van der Waals surface area (Å²) in [6.45, 7) is 4.78. The van der Waals surface area contributed by atoms with E-state index in [9.17, 15) is 9.59 Å². The van der Waals surface area contributed by atoms with Crippen LogP contribution in [0.15, 0.2) is 0 Å². The maximum Gasteiger partial charge on any atom is 0.322 e. The highest BCUT2D eigenvalue weighted by Crippen LogP contribution is 2.22. The van der Waals surface area contributed by atoms with Gasteiger partial charge in [0.2, 0.25) is 0 Å². The van der Waals surface area contributed by atoms with Crippen LogP contribution in [0.3, 0.4) is 0 Å². The summed E-state index contributed by atoms with van der Waals surface area (Å²) in [5.41, 5.74) is 0. The van der Waals surface area contributed by atoms with Gasteiger partial charge in [-0.25, -0.2) is 4.79 Å². The topological polar surface area (TPSA) is 59.1 Å². The Hall–Kier alpha value is -1.14. The molecular weight excluding hydrogens is 248 g/mol. The van der Waals surface area contributed by atoms with Crippen LogP contribution in [0.1, 0.15) is 26.7 Å². The van der Waals surface area contributed by atoms with Crippen molar-refractivity contribution in [1.82, 2.24) is 9.80 Å². The average Bonchev–Trinajstić information content (AvgIpc) is 2.60. The molecule has 0 aromatic rings. The largest absolute Gasteiger partial charge is 0.379 e. The summed E-state index contributed by atoms with van der Waals surface area (Å²) in [7, 11) is 3.17. The number of likely N-dealkylation sites (N-methyl/N-ethyl adjacent to an activating group) is 1. The average molecular weight is 272 g/mol. The standard InChI is InChI=1S/C13H24N2O4/c1-5-6-7-19-8-11-12(10(2)16)14(3)13(17)15(11)9-18-4/h11-12H,5-9H2,1-4H3. The monoisotopic (exact) mass is 272 g/mol. The summed E-state index contributed by atoms with van der Waals surface area (Å²) in [5.74, 6) is -0.0291. The van der Waals surface area contributed by atoms with Gasteiger partial charge in [-0.2, -0.15) is 0 Å². The maximum absolute atomic E-state index is 12.1. The molecule has 0 aliphatic carbocycles. The molecule has 1 aliphatic rings. The van der Waals surface area contributed by atoms with Crippen molar-refractivity contribution in [3.63, 3.8) is 0 Å². The quantitative estimate of drug-likeness (QED) is 0.621. The number of amides is 2. The summed E-state index contributed by atoms with van der Waals surface area (Å²) >= 11 is 0. The first-order valence-corrected chi connectivity index (χ1v) is 6.65. The Morgan fingerprint density at radius 2 is 2.11 bits per heavy atom. The van der Waals surface area contributed by atoms with Crippen LogP contribution in [-0.4, -0.2) is 67.8 Å². The van der Waals surface area contributed by atoms with E-state index in [0.717, 1.165) is 12.8 Å². The van der Waals surface area contributed by atoms with E-state index in [1.807, 2.05) is 0 Å². The minimum atomic E-state index is -0.454. The van der Waals surface area contributed by atoms with Crippen molar-refractivity contribution < 1.29 is 19.1 Å². The van der Waals surface area contributed by atoms with Gasteiger partial charge in [-0.15, -0.1) is 0 Å². The van der Waals surface area contributed by atoms with E-state index in [1.165, 1.54) is 18.9 Å². The maximum atomic E-state index is 12.1. The molecule has 0 radical (unpaired) electrons. The Labute approximate surface area is 114 Å². The predicted molar refractivity (Wildman–Crippen MR) is 70.9 cm³/mol. The molecule has 1 rings (SSSR count). The van der Waals surface area contributed by atoms with Gasteiger partial charge in [0.15, 0.2) is 5.78 Å². The number of urea groups is 1. The predicted octanol–water partition coefficient (Wildman–Crippen LogP) is 1.10. The zero-order chi connectivity index (χ0) is 14.4. The second kappa shape index (κ2) is 7.45. The minimum absolute atomic E-state index is 0.0291. The molecule has 2 amide bonds. The number of methoxy groups -OCH3 is 1. The fourth-order valence-corrected chi connectivity index (χ4v) is 2.36. The molecule has 2 unspecified atom stereocenters. The summed E-state index contributed by atoms with van der Waals surface area (Å²) in [6.07, 6.45) is 2.03. The first-order chi connectivity index (χ1) is 9.04. The number of Topliss-reactive ketones (excluding diaryl/α,β-unsaturated/α-hetero) is 1. The van der Waals surface area contributed by atoms with Crippen molar-refractivity contribution in [3.05, 3.63) is 0 Å². The minimum Gasteiger partial charge on any atom is -0.379 e. The lowest BCUT2D eigenvalue weighted by molar-refractivity contribution is -0.122. The van der Waals surface area contributed by atoms with Crippen LogP contribution in [0.2, 0.25) is 0 Å². The Morgan fingerprint density at radius 1 is 1.42 bits per heavy atom. The van der Waals surface area contributed by atoms with Crippen molar-refractivity contribution in [2.75, 3.05) is 34.1 Å². The SMILES string of the molecule is CCCCOCC1C(C(C)=O)N(C)C(=O)N1COC. The molecule has 0 aromatic carbocycles. The van der Waals surface area contributed by atoms with Crippen molar-refractivity contribution >= 4 is 11.8 Å². The van der Waals surface area contributed by atoms with Crippen LogP contribution in [-0.2, 0) is 14.3 Å². The van der Waals surface area contributed by atoms with Crippen molar-refractivity contribution in [2.45, 2.75) is 38.8 Å². The van der Waals surface area contributed by atoms with Gasteiger partial charge < -0.3 is 14.4 Å². The smallest absolute Gasteiger partial charge is 0.322 e. The first kappa shape index (κ1) is 15.9. The molecule has 0 saturated carbocycles. The lowest BCUT2D eigenvalue weighted by Crippen LogP contribution is -2.44. The van der Waals surface area contributed by atoms with Gasteiger partial charge in [-0.05, 0) is 13.3 Å². The molecule has 19 heavy (non-hydrogen) atoms. The third kappa shape index (κ3) is 3.67. The molecule has 1 fully saturated rings. The van der Waals surface area contributed by atoms with Gasteiger partial charge in [0.05, 0.1) is 12.6 Å². The van der Waals surface area contributed by atoms with Crippen molar-refractivity contribution in [2.24, 2.45) is 0 Å². The Bertz CT molecular complexity index is 322. The van der Waals surface area contributed by atoms with E-state index in [0.29, 0.717) is 13.2 Å². The van der Waals surface area contributed by atoms with Gasteiger partial charge in [0.25, 0.3) is 0 Å². The van der Waals surface area contributed by atoms with Crippen LogP contribution in [0, 0.1) is 0 Å². The molecule has 0 bridgehead atoms. The molecule has 1 aliphatic heterocycles. The lowest BCUT2D eigenvalue weighted by Gasteiger charge is -2.24. The Morgan fingerprint density at radius 3 is 2.63 bits per heavy atom. The highest BCUT2D eigenvalue weighted by Gasteiger charge is 2.46. The molecule has 0 spiro atoms. The molecular formula is C13H24N2O4. The van der Waals surface area contributed by atoms with Crippen LogP contribution >= 0.6 is 0 Å². The van der Waals surface area contributed by atoms with Crippen molar-refractivity contribution in [1.29, 1.82) is 0 Å². The van der Waals surface area contributed by atoms with Gasteiger partial charge in [-0.1, -0.05) is 13.3 Å². The van der Waals surface area contributed by atoms with Crippen LogP contribution < -0.4 is 0 Å². The zero-order valence-electron chi connectivity index (χ0n) is 12.2. The number of carbonyl (C=O) groups excluding carboxylic acids is 2. The molecule has 1 heterocycles. The Balaban J connectivity index is 2.72. The normalized spacial score (nSPS) is 23.3. The van der Waals surface area contributed by atoms with Gasteiger partial charge in [0.1, 0.15) is 12.8 Å². The molecule has 110 valence electrons. The van der Waals surface area contributed by atoms with E-state index < -0.39 is 6.04 Å². The number of ketones is 1. The van der Waals surface area contributed by atoms with Gasteiger partial charge >= 0.3 is 6.03 Å². The van der Waals surface area contributed by atoms with Crippen LogP contribution in [0.4, 0.5) is 4.79 Å². The van der Waals surface area contributed by atoms with E-state index in [1.54, 1.807) is 11.9 Å². The Kier molecular flexibility index (Phi) is 6.24. The summed E-state index contributed by atoms with van der Waals surface area (Å²) in [5, 5.41) is 0. The highest BCUT2D eigenvalue weighted by atomic mass is 16.5. The van der Waals surface area contributed by atoms with E-state index in [-0.39, 0.29) is 24.6 Å². The third-order valence-electron chi connectivity index (χ3n) is 3.35. The second-order valence-electron chi connectivity index (χ2n) is 4.83. The molecule has 6 heteroatoms. The van der Waals surface area contributed by atoms with Crippen LogP contribution in [0.25, 0.3) is 0 Å². The first-order valence-electron chi connectivity index (χ1n) is 6.65. The van der Waals surface area contributed by atoms with E-state index in [2.05, 4.69) is 6.92 Å². The van der Waals surface area contributed by atoms with Gasteiger partial charge in [0, 0.05) is 20.8 Å². The highest BCUT2D eigenvalue weighted by molar-refractivity contribution is 5.91. The summed E-state index contributed by atoms with van der Waals surface area (Å²) in [4.78, 5) is 26.8. The number of nitrogens with zero attached hydrogens (tertiary/aromatic N) is 2. The fourth-order valence-electron chi connectivity index (χ4n) is 2.36. The number of carbonyl (C=O) groups is 2. The van der Waals surface area contributed by atoms with Crippen LogP contribution in [0.5, 0.6) is 0 Å². The molecule has 0 aromatic heterocycles. The zero-order valence-corrected chi connectivity index (χ0v) is 12.2. The number of hydrogen-bond donors (Lipinski definition) is 0.